The molecule has 0 spiro atoms. The number of anilines is 2. The predicted molar refractivity (Wildman–Crippen MR) is 113 cm³/mol. The molecule has 2 aromatic heterocycles. The van der Waals surface area contributed by atoms with Gasteiger partial charge in [0.2, 0.25) is 5.91 Å². The van der Waals surface area contributed by atoms with Crippen LogP contribution in [0.3, 0.4) is 0 Å². The number of hydrogen-bond acceptors (Lipinski definition) is 6. The Bertz CT molecular complexity index is 1060. The van der Waals surface area contributed by atoms with Crippen LogP contribution in [-0.2, 0) is 11.3 Å². The fourth-order valence-electron chi connectivity index (χ4n) is 3.63. The number of halogens is 1. The van der Waals surface area contributed by atoms with Crippen LogP contribution in [0.4, 0.5) is 11.4 Å². The molecule has 1 aliphatic rings. The van der Waals surface area contributed by atoms with Gasteiger partial charge < -0.3 is 20.3 Å². The Hall–Kier alpha value is -3.00. The van der Waals surface area contributed by atoms with E-state index in [2.05, 4.69) is 15.0 Å². The number of carbonyl (C=O) groups is 1. The number of hydrogen-bond donors (Lipinski definition) is 1. The second-order valence-corrected chi connectivity index (χ2v) is 7.48. The number of aryl methyl sites for hydroxylation is 1. The smallest absolute Gasteiger partial charge is 0.244 e. The van der Waals surface area contributed by atoms with Crippen LogP contribution in [0.5, 0.6) is 5.75 Å². The SMILES string of the molecule is COc1cc(N2CCN(C(=O)Cn3nc(C)c4cc(N)cnc43)CC2)ccc1Cl. The van der Waals surface area contributed by atoms with Crippen LogP contribution in [-0.4, -0.2) is 58.9 Å². The van der Waals surface area contributed by atoms with Gasteiger partial charge in [-0.25, -0.2) is 9.67 Å². The lowest BCUT2D eigenvalue weighted by Crippen LogP contribution is -2.49. The summed E-state index contributed by atoms with van der Waals surface area (Å²) in [5, 5.41) is 5.93. The Morgan fingerprint density at radius 1 is 1.24 bits per heavy atom. The van der Waals surface area contributed by atoms with E-state index in [9.17, 15) is 4.79 Å². The molecule has 2 N–H and O–H groups in total. The number of aromatic nitrogens is 3. The van der Waals surface area contributed by atoms with Gasteiger partial charge in [0, 0.05) is 43.3 Å². The van der Waals surface area contributed by atoms with Crippen molar-refractivity contribution in [3.05, 3.63) is 41.2 Å². The summed E-state index contributed by atoms with van der Waals surface area (Å²) < 4.78 is 6.96. The average Bonchev–Trinajstić information content (AvgIpc) is 3.03. The van der Waals surface area contributed by atoms with E-state index >= 15 is 0 Å². The van der Waals surface area contributed by atoms with Crippen LogP contribution in [0.2, 0.25) is 5.02 Å². The number of nitrogen functional groups attached to an aromatic ring is 1. The number of amides is 1. The van der Waals surface area contributed by atoms with Crippen molar-refractivity contribution in [3.8, 4) is 5.75 Å². The normalized spacial score (nSPS) is 14.4. The Balaban J connectivity index is 1.42. The van der Waals surface area contributed by atoms with Gasteiger partial charge in [0.25, 0.3) is 0 Å². The van der Waals surface area contributed by atoms with Gasteiger partial charge in [0.05, 0.1) is 29.7 Å². The van der Waals surface area contributed by atoms with Crippen molar-refractivity contribution in [1.29, 1.82) is 0 Å². The molecule has 4 rings (SSSR count). The third kappa shape index (κ3) is 3.80. The topological polar surface area (TPSA) is 89.5 Å². The number of piperazine rings is 1. The van der Waals surface area contributed by atoms with E-state index in [0.29, 0.717) is 35.2 Å². The second kappa shape index (κ2) is 7.79. The molecule has 0 radical (unpaired) electrons. The Morgan fingerprint density at radius 2 is 2.00 bits per heavy atom. The molecule has 0 atom stereocenters. The molecule has 3 aromatic rings. The maximum Gasteiger partial charge on any atom is 0.244 e. The van der Waals surface area contributed by atoms with E-state index in [4.69, 9.17) is 22.1 Å². The number of nitrogens with zero attached hydrogens (tertiary/aromatic N) is 5. The van der Waals surface area contributed by atoms with Crippen LogP contribution < -0.4 is 15.4 Å². The molecule has 29 heavy (non-hydrogen) atoms. The van der Waals surface area contributed by atoms with Crippen LogP contribution >= 0.6 is 11.6 Å². The summed E-state index contributed by atoms with van der Waals surface area (Å²) in [5.41, 5.74) is 8.93. The number of nitrogens with two attached hydrogens (primary N) is 1. The number of methoxy groups -OCH3 is 1. The van der Waals surface area contributed by atoms with Crippen molar-refractivity contribution in [2.75, 3.05) is 43.9 Å². The minimum atomic E-state index is 0.0290. The van der Waals surface area contributed by atoms with E-state index in [1.165, 1.54) is 0 Å². The van der Waals surface area contributed by atoms with Gasteiger partial charge in [-0.2, -0.15) is 5.10 Å². The van der Waals surface area contributed by atoms with E-state index < -0.39 is 0 Å². The first-order valence-electron chi connectivity index (χ1n) is 9.41. The molecule has 152 valence electrons. The summed E-state index contributed by atoms with van der Waals surface area (Å²) >= 11 is 6.11. The standard InChI is InChI=1S/C20H23ClN6O2/c1-13-16-9-14(22)11-23-20(16)27(24-13)12-19(28)26-7-5-25(6-8-26)15-3-4-17(21)18(10-15)29-2/h3-4,9-11H,5-8,12,22H2,1-2H3. The quantitative estimate of drug-likeness (QED) is 0.704. The summed E-state index contributed by atoms with van der Waals surface area (Å²) in [6.07, 6.45) is 1.59. The second-order valence-electron chi connectivity index (χ2n) is 7.07. The number of benzene rings is 1. The van der Waals surface area contributed by atoms with Gasteiger partial charge >= 0.3 is 0 Å². The highest BCUT2D eigenvalue weighted by molar-refractivity contribution is 6.32. The molecule has 1 aromatic carbocycles. The van der Waals surface area contributed by atoms with E-state index in [1.54, 1.807) is 18.0 Å². The summed E-state index contributed by atoms with van der Waals surface area (Å²) in [6.45, 7) is 4.82. The monoisotopic (exact) mass is 414 g/mol. The molecule has 9 heteroatoms. The third-order valence-corrected chi connectivity index (χ3v) is 5.52. The minimum absolute atomic E-state index is 0.0290. The Morgan fingerprint density at radius 3 is 2.72 bits per heavy atom. The van der Waals surface area contributed by atoms with Crippen LogP contribution in [0.15, 0.2) is 30.5 Å². The molecular weight excluding hydrogens is 392 g/mol. The zero-order valence-corrected chi connectivity index (χ0v) is 17.2. The highest BCUT2D eigenvalue weighted by atomic mass is 35.5. The van der Waals surface area contributed by atoms with Crippen molar-refractivity contribution in [1.82, 2.24) is 19.7 Å². The minimum Gasteiger partial charge on any atom is -0.495 e. The number of ether oxygens (including phenoxy) is 1. The lowest BCUT2D eigenvalue weighted by atomic mass is 10.2. The average molecular weight is 415 g/mol. The molecule has 0 bridgehead atoms. The fourth-order valence-corrected chi connectivity index (χ4v) is 3.82. The zero-order chi connectivity index (χ0) is 20.5. The van der Waals surface area contributed by atoms with E-state index in [0.717, 1.165) is 29.9 Å². The molecule has 0 aliphatic carbocycles. The molecule has 1 fully saturated rings. The third-order valence-electron chi connectivity index (χ3n) is 5.21. The first-order chi connectivity index (χ1) is 14.0. The molecule has 8 nitrogen and oxygen atoms in total. The van der Waals surface area contributed by atoms with Crippen molar-refractivity contribution >= 4 is 39.9 Å². The summed E-state index contributed by atoms with van der Waals surface area (Å²) in [6, 6.07) is 7.57. The van der Waals surface area contributed by atoms with E-state index in [-0.39, 0.29) is 12.5 Å². The largest absolute Gasteiger partial charge is 0.495 e. The maximum absolute atomic E-state index is 12.8. The van der Waals surface area contributed by atoms with Gasteiger partial charge in [-0.3, -0.25) is 4.79 Å². The lowest BCUT2D eigenvalue weighted by molar-refractivity contribution is -0.132. The van der Waals surface area contributed by atoms with E-state index in [1.807, 2.05) is 36.1 Å². The number of rotatable bonds is 4. The molecule has 0 saturated carbocycles. The molecular formula is C20H23ClN6O2. The van der Waals surface area contributed by atoms with Gasteiger partial charge in [0.15, 0.2) is 5.65 Å². The fraction of sp³-hybridized carbons (Fsp3) is 0.350. The first-order valence-corrected chi connectivity index (χ1v) is 9.79. The van der Waals surface area contributed by atoms with Gasteiger partial charge in [-0.1, -0.05) is 11.6 Å². The van der Waals surface area contributed by atoms with Crippen LogP contribution in [0.25, 0.3) is 11.0 Å². The number of pyridine rings is 1. The maximum atomic E-state index is 12.8. The van der Waals surface area contributed by atoms with Gasteiger partial charge in [-0.15, -0.1) is 0 Å². The predicted octanol–water partition coefficient (Wildman–Crippen LogP) is 2.33. The highest BCUT2D eigenvalue weighted by Gasteiger charge is 2.23. The number of carbonyl (C=O) groups excluding carboxylic acids is 1. The highest BCUT2D eigenvalue weighted by Crippen LogP contribution is 2.29. The van der Waals surface area contributed by atoms with Crippen molar-refractivity contribution in [2.45, 2.75) is 13.5 Å². The Kier molecular flexibility index (Phi) is 5.19. The Labute approximate surface area is 173 Å². The zero-order valence-electron chi connectivity index (χ0n) is 16.4. The lowest BCUT2D eigenvalue weighted by Gasteiger charge is -2.36. The molecule has 3 heterocycles. The van der Waals surface area contributed by atoms with Gasteiger partial charge in [0.1, 0.15) is 12.3 Å². The molecule has 1 amide bonds. The summed E-state index contributed by atoms with van der Waals surface area (Å²) in [5.74, 6) is 0.679. The van der Waals surface area contributed by atoms with Crippen LogP contribution in [0.1, 0.15) is 5.69 Å². The van der Waals surface area contributed by atoms with Crippen LogP contribution in [0, 0.1) is 6.92 Å². The van der Waals surface area contributed by atoms with Crippen molar-refractivity contribution in [2.24, 2.45) is 0 Å². The number of fused-ring (bicyclic) bond motifs is 1. The summed E-state index contributed by atoms with van der Waals surface area (Å²) in [7, 11) is 1.60. The molecule has 1 saturated heterocycles. The van der Waals surface area contributed by atoms with Crippen molar-refractivity contribution < 1.29 is 9.53 Å². The molecule has 1 aliphatic heterocycles. The summed E-state index contributed by atoms with van der Waals surface area (Å²) in [4.78, 5) is 21.3. The first kappa shape index (κ1) is 19.3. The molecule has 0 unspecified atom stereocenters. The van der Waals surface area contributed by atoms with Crippen molar-refractivity contribution in [3.63, 3.8) is 0 Å². The van der Waals surface area contributed by atoms with Gasteiger partial charge in [-0.05, 0) is 25.1 Å².